The monoisotopic (exact) mass is 285 g/mol. The van der Waals surface area contributed by atoms with Crippen LogP contribution in [0.25, 0.3) is 0 Å². The average Bonchev–Trinajstić information content (AvgIpc) is 2.87. The van der Waals surface area contributed by atoms with Crippen molar-refractivity contribution in [1.82, 2.24) is 25.9 Å². The molecule has 2 atom stereocenters. The van der Waals surface area contributed by atoms with Crippen LogP contribution in [0.15, 0.2) is 0 Å². The summed E-state index contributed by atoms with van der Waals surface area (Å²) in [7, 11) is 0. The summed E-state index contributed by atoms with van der Waals surface area (Å²) in [6, 6.07) is -1.02. The van der Waals surface area contributed by atoms with Gasteiger partial charge in [0.25, 0.3) is 0 Å². The lowest BCUT2D eigenvalue weighted by atomic mass is 9.98. The van der Waals surface area contributed by atoms with E-state index in [1.54, 1.807) is 0 Å². The van der Waals surface area contributed by atoms with Gasteiger partial charge in [-0.3, -0.25) is 14.4 Å². The zero-order valence-corrected chi connectivity index (χ0v) is 10.7. The lowest BCUT2D eigenvalue weighted by Crippen LogP contribution is -2.39. The number of amides is 1. The summed E-state index contributed by atoms with van der Waals surface area (Å²) < 4.78 is 0. The first-order chi connectivity index (χ1) is 9.40. The Bertz CT molecular complexity index is 474. The van der Waals surface area contributed by atoms with Gasteiger partial charge in [0.05, 0.1) is 0 Å². The van der Waals surface area contributed by atoms with Gasteiger partial charge in [-0.2, -0.15) is 0 Å². The minimum atomic E-state index is -1.15. The van der Waals surface area contributed by atoms with E-state index in [1.807, 2.05) is 0 Å². The van der Waals surface area contributed by atoms with Crippen molar-refractivity contribution in [2.24, 2.45) is 0 Å². The minimum absolute atomic E-state index is 0.0955. The van der Waals surface area contributed by atoms with E-state index < -0.39 is 29.8 Å². The molecule has 1 rings (SSSR count). The number of carboxylic acids is 2. The third-order valence-corrected chi connectivity index (χ3v) is 2.63. The van der Waals surface area contributed by atoms with Crippen molar-refractivity contribution in [3.8, 4) is 0 Å². The first-order valence-corrected chi connectivity index (χ1v) is 5.87. The molecule has 1 amide bonds. The molecule has 0 radical (unpaired) electrons. The van der Waals surface area contributed by atoms with Crippen LogP contribution in [0.3, 0.4) is 0 Å². The molecule has 1 unspecified atom stereocenters. The van der Waals surface area contributed by atoms with E-state index in [0.29, 0.717) is 5.82 Å². The van der Waals surface area contributed by atoms with Crippen LogP contribution in [0.5, 0.6) is 0 Å². The second-order valence-corrected chi connectivity index (χ2v) is 4.25. The van der Waals surface area contributed by atoms with Crippen molar-refractivity contribution in [3.63, 3.8) is 0 Å². The zero-order valence-electron chi connectivity index (χ0n) is 10.7. The maximum absolute atomic E-state index is 11.7. The summed E-state index contributed by atoms with van der Waals surface area (Å²) in [6.45, 7) is 1.34. The molecule has 1 heterocycles. The summed E-state index contributed by atoms with van der Waals surface area (Å²) in [5, 5.41) is 32.5. The number of carbonyl (C=O) groups is 3. The summed E-state index contributed by atoms with van der Waals surface area (Å²) in [6.07, 6.45) is -0.0734. The van der Waals surface area contributed by atoms with Crippen molar-refractivity contribution >= 4 is 17.8 Å². The molecule has 20 heavy (non-hydrogen) atoms. The molecule has 0 saturated heterocycles. The van der Waals surface area contributed by atoms with Gasteiger partial charge in [-0.1, -0.05) is 0 Å². The summed E-state index contributed by atoms with van der Waals surface area (Å²) >= 11 is 0. The van der Waals surface area contributed by atoms with Crippen LogP contribution in [0, 0.1) is 0 Å². The van der Waals surface area contributed by atoms with E-state index in [4.69, 9.17) is 10.2 Å². The lowest BCUT2D eigenvalue weighted by Gasteiger charge is -2.14. The topological polar surface area (TPSA) is 158 Å². The van der Waals surface area contributed by atoms with Gasteiger partial charge in [-0.15, -0.1) is 5.10 Å². The quantitative estimate of drug-likeness (QED) is 0.479. The van der Waals surface area contributed by atoms with Crippen molar-refractivity contribution in [1.29, 1.82) is 0 Å². The fourth-order valence-electron chi connectivity index (χ4n) is 1.56. The highest BCUT2D eigenvalue weighted by atomic mass is 16.4. The van der Waals surface area contributed by atoms with Gasteiger partial charge in [-0.25, -0.2) is 5.10 Å². The van der Waals surface area contributed by atoms with Crippen molar-refractivity contribution < 1.29 is 24.6 Å². The van der Waals surface area contributed by atoms with E-state index in [2.05, 4.69) is 25.9 Å². The van der Waals surface area contributed by atoms with E-state index >= 15 is 0 Å². The Labute approximate surface area is 113 Å². The van der Waals surface area contributed by atoms with Crippen LogP contribution < -0.4 is 5.32 Å². The SMILES string of the molecule is C[C@@H](NC(=O)CC(CCC(=O)O)c1nnn[nH]1)C(=O)O. The van der Waals surface area contributed by atoms with E-state index in [9.17, 15) is 14.4 Å². The number of hydrogen-bond donors (Lipinski definition) is 4. The van der Waals surface area contributed by atoms with Crippen LogP contribution in [-0.2, 0) is 14.4 Å². The Morgan fingerprint density at radius 1 is 1.35 bits per heavy atom. The Kier molecular flexibility index (Phi) is 5.56. The van der Waals surface area contributed by atoms with Gasteiger partial charge >= 0.3 is 11.9 Å². The standard InChI is InChI=1S/C10H15N5O5/c1-5(10(19)20)11-7(16)4-6(2-3-8(17)18)9-12-14-15-13-9/h5-6H,2-4H2,1H3,(H,11,16)(H,17,18)(H,19,20)(H,12,13,14,15)/t5-,6?/m1/s1. The van der Waals surface area contributed by atoms with Crippen molar-refractivity contribution in [2.45, 2.75) is 38.1 Å². The number of aliphatic carboxylic acids is 2. The van der Waals surface area contributed by atoms with E-state index in [-0.39, 0.29) is 19.3 Å². The smallest absolute Gasteiger partial charge is 0.325 e. The molecule has 0 aliphatic carbocycles. The molecule has 10 heteroatoms. The number of tetrazole rings is 1. The Morgan fingerprint density at radius 2 is 2.05 bits per heavy atom. The fraction of sp³-hybridized carbons (Fsp3) is 0.600. The summed E-state index contributed by atoms with van der Waals surface area (Å²) in [5.41, 5.74) is 0. The number of rotatable bonds is 8. The summed E-state index contributed by atoms with van der Waals surface area (Å²) in [5.74, 6) is -2.87. The van der Waals surface area contributed by atoms with E-state index in [0.717, 1.165) is 0 Å². The van der Waals surface area contributed by atoms with Crippen LogP contribution >= 0.6 is 0 Å². The second-order valence-electron chi connectivity index (χ2n) is 4.25. The predicted octanol–water partition coefficient (Wildman–Crippen LogP) is -0.872. The first kappa shape index (κ1) is 15.5. The Hall–Kier alpha value is -2.52. The predicted molar refractivity (Wildman–Crippen MR) is 63.6 cm³/mol. The number of H-pyrrole nitrogens is 1. The molecule has 0 aromatic carbocycles. The highest BCUT2D eigenvalue weighted by molar-refractivity contribution is 5.83. The molecule has 1 aromatic rings. The fourth-order valence-corrected chi connectivity index (χ4v) is 1.56. The van der Waals surface area contributed by atoms with Crippen LogP contribution in [0.1, 0.15) is 37.9 Å². The second kappa shape index (κ2) is 7.16. The van der Waals surface area contributed by atoms with E-state index in [1.165, 1.54) is 6.92 Å². The lowest BCUT2D eigenvalue weighted by molar-refractivity contribution is -0.141. The molecular weight excluding hydrogens is 270 g/mol. The van der Waals surface area contributed by atoms with Gasteiger partial charge in [0.2, 0.25) is 5.91 Å². The number of nitrogens with one attached hydrogen (secondary N) is 2. The molecule has 10 nitrogen and oxygen atoms in total. The van der Waals surface area contributed by atoms with Gasteiger partial charge in [-0.05, 0) is 23.8 Å². The number of carboxylic acid groups (broad SMARTS) is 2. The molecule has 0 fully saturated rings. The maximum atomic E-state index is 11.7. The number of aromatic nitrogens is 4. The Morgan fingerprint density at radius 3 is 2.55 bits per heavy atom. The van der Waals surface area contributed by atoms with Crippen molar-refractivity contribution in [2.75, 3.05) is 0 Å². The van der Waals surface area contributed by atoms with Crippen LogP contribution in [0.4, 0.5) is 0 Å². The highest BCUT2D eigenvalue weighted by Gasteiger charge is 2.22. The van der Waals surface area contributed by atoms with Gasteiger partial charge in [0.1, 0.15) is 6.04 Å². The van der Waals surface area contributed by atoms with Gasteiger partial charge in [0, 0.05) is 18.8 Å². The molecular formula is C10H15N5O5. The molecule has 1 aromatic heterocycles. The molecule has 0 saturated carbocycles. The molecule has 4 N–H and O–H groups in total. The molecule has 0 aliphatic rings. The van der Waals surface area contributed by atoms with Gasteiger partial charge < -0.3 is 15.5 Å². The third-order valence-electron chi connectivity index (χ3n) is 2.63. The number of hydrogen-bond acceptors (Lipinski definition) is 6. The molecule has 0 aliphatic heterocycles. The number of nitrogens with zero attached hydrogens (tertiary/aromatic N) is 3. The molecule has 0 bridgehead atoms. The van der Waals surface area contributed by atoms with Crippen LogP contribution in [-0.4, -0.2) is 54.7 Å². The minimum Gasteiger partial charge on any atom is -0.481 e. The number of aromatic amines is 1. The summed E-state index contributed by atoms with van der Waals surface area (Å²) in [4.78, 5) is 32.9. The number of carbonyl (C=O) groups excluding carboxylic acids is 1. The van der Waals surface area contributed by atoms with Gasteiger partial charge in [0.15, 0.2) is 5.82 Å². The van der Waals surface area contributed by atoms with Crippen molar-refractivity contribution in [3.05, 3.63) is 5.82 Å². The molecule has 110 valence electrons. The first-order valence-electron chi connectivity index (χ1n) is 5.87. The largest absolute Gasteiger partial charge is 0.481 e. The zero-order chi connectivity index (χ0) is 15.1. The van der Waals surface area contributed by atoms with Crippen LogP contribution in [0.2, 0.25) is 0 Å². The molecule has 0 spiro atoms. The highest BCUT2D eigenvalue weighted by Crippen LogP contribution is 2.21. The third kappa shape index (κ3) is 5.00. The average molecular weight is 285 g/mol. The maximum Gasteiger partial charge on any atom is 0.325 e. The normalized spacial score (nSPS) is 13.4. The Balaban J connectivity index is 2.62.